The lowest BCUT2D eigenvalue weighted by Gasteiger charge is -2.29. The monoisotopic (exact) mass is 226 g/mol. The van der Waals surface area contributed by atoms with Crippen molar-refractivity contribution in [3.63, 3.8) is 0 Å². The fourth-order valence-electron chi connectivity index (χ4n) is 2.54. The molecular formula is C12H22N2O2. The zero-order valence-electron chi connectivity index (χ0n) is 10.2. The topological polar surface area (TPSA) is 32.8 Å². The molecule has 0 radical (unpaired) electrons. The predicted molar refractivity (Wildman–Crippen MR) is 62.4 cm³/mol. The summed E-state index contributed by atoms with van der Waals surface area (Å²) in [5.41, 5.74) is 0. The molecule has 0 bridgehead atoms. The maximum absolute atomic E-state index is 12.0. The van der Waals surface area contributed by atoms with Gasteiger partial charge in [-0.05, 0) is 31.6 Å². The first-order chi connectivity index (χ1) is 7.77. The Morgan fingerprint density at radius 1 is 1.31 bits per heavy atom. The van der Waals surface area contributed by atoms with Gasteiger partial charge < -0.3 is 14.5 Å². The van der Waals surface area contributed by atoms with E-state index in [0.29, 0.717) is 5.92 Å². The van der Waals surface area contributed by atoms with Crippen LogP contribution < -0.4 is 0 Å². The molecule has 2 aliphatic rings. The first-order valence-electron chi connectivity index (χ1n) is 6.35. The van der Waals surface area contributed by atoms with Crippen molar-refractivity contribution in [3.05, 3.63) is 0 Å². The summed E-state index contributed by atoms with van der Waals surface area (Å²) >= 11 is 0. The van der Waals surface area contributed by atoms with E-state index in [1.165, 1.54) is 0 Å². The van der Waals surface area contributed by atoms with Gasteiger partial charge in [-0.25, -0.2) is 4.79 Å². The first kappa shape index (κ1) is 11.7. The summed E-state index contributed by atoms with van der Waals surface area (Å²) < 4.78 is 5.33. The molecule has 2 saturated heterocycles. The number of hydrogen-bond acceptors (Lipinski definition) is 2. The van der Waals surface area contributed by atoms with E-state index in [-0.39, 0.29) is 6.03 Å². The number of nitrogens with zero attached hydrogens (tertiary/aromatic N) is 2. The Hall–Kier alpha value is -0.770. The highest BCUT2D eigenvalue weighted by Gasteiger charge is 2.24. The van der Waals surface area contributed by atoms with Crippen LogP contribution in [-0.2, 0) is 4.74 Å². The second-order valence-electron chi connectivity index (χ2n) is 4.91. The van der Waals surface area contributed by atoms with Gasteiger partial charge in [-0.3, -0.25) is 0 Å². The summed E-state index contributed by atoms with van der Waals surface area (Å²) in [4.78, 5) is 15.9. The number of carbonyl (C=O) groups excluding carboxylic acids is 1. The molecule has 2 heterocycles. The zero-order chi connectivity index (χ0) is 11.4. The highest BCUT2D eigenvalue weighted by Crippen LogP contribution is 2.17. The van der Waals surface area contributed by atoms with E-state index in [9.17, 15) is 4.79 Å². The highest BCUT2D eigenvalue weighted by molar-refractivity contribution is 5.74. The van der Waals surface area contributed by atoms with Crippen LogP contribution in [0.4, 0.5) is 4.79 Å². The first-order valence-corrected chi connectivity index (χ1v) is 6.35. The minimum atomic E-state index is 0.212. The van der Waals surface area contributed by atoms with Crippen LogP contribution in [0, 0.1) is 5.92 Å². The molecule has 0 unspecified atom stereocenters. The molecule has 16 heavy (non-hydrogen) atoms. The average molecular weight is 226 g/mol. The molecule has 2 rings (SSSR count). The van der Waals surface area contributed by atoms with Crippen LogP contribution in [0.25, 0.3) is 0 Å². The van der Waals surface area contributed by atoms with Gasteiger partial charge in [0.1, 0.15) is 0 Å². The minimum absolute atomic E-state index is 0.212. The minimum Gasteiger partial charge on any atom is -0.381 e. The predicted octanol–water partition coefficient (Wildman–Crippen LogP) is 1.56. The van der Waals surface area contributed by atoms with Crippen LogP contribution in [0.3, 0.4) is 0 Å². The van der Waals surface area contributed by atoms with Gasteiger partial charge in [0.05, 0.1) is 0 Å². The van der Waals surface area contributed by atoms with Crippen molar-refractivity contribution in [2.24, 2.45) is 5.92 Å². The summed E-state index contributed by atoms with van der Waals surface area (Å²) in [5, 5.41) is 0. The Kier molecular flexibility index (Phi) is 4.04. The van der Waals surface area contributed by atoms with Crippen LogP contribution in [0.1, 0.15) is 25.7 Å². The van der Waals surface area contributed by atoms with Gasteiger partial charge in [-0.15, -0.1) is 0 Å². The Labute approximate surface area is 97.5 Å². The second kappa shape index (κ2) is 5.53. The molecule has 4 heteroatoms. The highest BCUT2D eigenvalue weighted by atomic mass is 16.5. The average Bonchev–Trinajstić information content (AvgIpc) is 2.83. The lowest BCUT2D eigenvalue weighted by atomic mass is 10.00. The van der Waals surface area contributed by atoms with Crippen molar-refractivity contribution in [2.45, 2.75) is 25.7 Å². The van der Waals surface area contributed by atoms with Crippen molar-refractivity contribution in [2.75, 3.05) is 39.9 Å². The number of rotatable bonds is 2. The summed E-state index contributed by atoms with van der Waals surface area (Å²) in [6, 6.07) is 0.212. The number of urea groups is 1. The number of amides is 2. The zero-order valence-corrected chi connectivity index (χ0v) is 10.2. The Balaban J connectivity index is 1.77. The van der Waals surface area contributed by atoms with Crippen molar-refractivity contribution in [3.8, 4) is 0 Å². The van der Waals surface area contributed by atoms with Crippen molar-refractivity contribution in [1.82, 2.24) is 9.80 Å². The van der Waals surface area contributed by atoms with Crippen molar-refractivity contribution < 1.29 is 9.53 Å². The third-order valence-electron chi connectivity index (χ3n) is 3.58. The molecule has 4 nitrogen and oxygen atoms in total. The number of likely N-dealkylation sites (tertiary alicyclic amines) is 1. The lowest BCUT2D eigenvalue weighted by Crippen LogP contribution is -2.42. The van der Waals surface area contributed by atoms with E-state index in [4.69, 9.17) is 4.74 Å². The normalized spacial score (nSPS) is 22.4. The molecule has 92 valence electrons. The summed E-state index contributed by atoms with van der Waals surface area (Å²) in [6.45, 7) is 4.49. The Morgan fingerprint density at radius 3 is 2.56 bits per heavy atom. The third-order valence-corrected chi connectivity index (χ3v) is 3.58. The van der Waals surface area contributed by atoms with Crippen molar-refractivity contribution >= 4 is 6.03 Å². The van der Waals surface area contributed by atoms with Crippen molar-refractivity contribution in [1.29, 1.82) is 0 Å². The van der Waals surface area contributed by atoms with Gasteiger partial charge in [-0.2, -0.15) is 0 Å². The number of carbonyl (C=O) groups is 1. The van der Waals surface area contributed by atoms with Crippen LogP contribution >= 0.6 is 0 Å². The second-order valence-corrected chi connectivity index (χ2v) is 4.91. The standard InChI is InChI=1S/C12H22N2O2/c1-13(10-11-4-8-16-9-5-11)12(15)14-6-2-3-7-14/h11H,2-10H2,1H3. The Bertz CT molecular complexity index is 233. The largest absolute Gasteiger partial charge is 0.381 e. The van der Waals surface area contributed by atoms with E-state index in [1.807, 2.05) is 16.8 Å². The van der Waals surface area contributed by atoms with Gasteiger partial charge in [0, 0.05) is 39.9 Å². The van der Waals surface area contributed by atoms with Crippen LogP contribution in [0.5, 0.6) is 0 Å². The molecule has 0 aliphatic carbocycles. The fourth-order valence-corrected chi connectivity index (χ4v) is 2.54. The van der Waals surface area contributed by atoms with E-state index < -0.39 is 0 Å². The molecular weight excluding hydrogens is 204 g/mol. The van der Waals surface area contributed by atoms with Gasteiger partial charge >= 0.3 is 6.03 Å². The van der Waals surface area contributed by atoms with Crippen LogP contribution in [0.15, 0.2) is 0 Å². The van der Waals surface area contributed by atoms with E-state index in [0.717, 1.165) is 58.5 Å². The Morgan fingerprint density at radius 2 is 1.94 bits per heavy atom. The van der Waals surface area contributed by atoms with E-state index in [1.54, 1.807) is 0 Å². The van der Waals surface area contributed by atoms with Gasteiger partial charge in [-0.1, -0.05) is 0 Å². The molecule has 2 amide bonds. The quantitative estimate of drug-likeness (QED) is 0.716. The summed E-state index contributed by atoms with van der Waals surface area (Å²) in [6.07, 6.45) is 4.52. The smallest absolute Gasteiger partial charge is 0.319 e. The number of ether oxygens (including phenoxy) is 1. The molecule has 0 aromatic heterocycles. The summed E-state index contributed by atoms with van der Waals surface area (Å²) in [7, 11) is 1.93. The molecule has 0 atom stereocenters. The van der Waals surface area contributed by atoms with Gasteiger partial charge in [0.2, 0.25) is 0 Å². The molecule has 2 fully saturated rings. The molecule has 0 aromatic carbocycles. The third kappa shape index (κ3) is 2.88. The fraction of sp³-hybridized carbons (Fsp3) is 0.917. The lowest BCUT2D eigenvalue weighted by molar-refractivity contribution is 0.0568. The van der Waals surface area contributed by atoms with Gasteiger partial charge in [0.15, 0.2) is 0 Å². The van der Waals surface area contributed by atoms with Crippen LogP contribution in [-0.4, -0.2) is 55.7 Å². The summed E-state index contributed by atoms with van der Waals surface area (Å²) in [5.74, 6) is 0.630. The van der Waals surface area contributed by atoms with E-state index >= 15 is 0 Å². The molecule has 2 aliphatic heterocycles. The van der Waals surface area contributed by atoms with Gasteiger partial charge in [0.25, 0.3) is 0 Å². The maximum Gasteiger partial charge on any atom is 0.319 e. The molecule has 0 N–H and O–H groups in total. The van der Waals surface area contributed by atoms with Crippen LogP contribution in [0.2, 0.25) is 0 Å². The molecule has 0 aromatic rings. The maximum atomic E-state index is 12.0. The van der Waals surface area contributed by atoms with E-state index in [2.05, 4.69) is 0 Å². The SMILES string of the molecule is CN(CC1CCOCC1)C(=O)N1CCCC1. The number of hydrogen-bond donors (Lipinski definition) is 0. The molecule has 0 spiro atoms. The molecule has 0 saturated carbocycles.